The van der Waals surface area contributed by atoms with E-state index < -0.39 is 17.3 Å². The van der Waals surface area contributed by atoms with E-state index in [1.165, 1.54) is 33.8 Å². The number of benzene rings is 3. The van der Waals surface area contributed by atoms with Gasteiger partial charge in [0.25, 0.3) is 11.5 Å². The molecular weight excluding hydrogens is 508 g/mol. The molecule has 2 aromatic heterocycles. The number of nitrogens with zero attached hydrogens (tertiary/aromatic N) is 4. The number of para-hydroxylation sites is 1. The Bertz CT molecular complexity index is 1680. The van der Waals surface area contributed by atoms with Crippen molar-refractivity contribution < 1.29 is 14.3 Å². The first-order valence-corrected chi connectivity index (χ1v) is 11.3. The second kappa shape index (κ2) is 9.44. The van der Waals surface area contributed by atoms with Crippen molar-refractivity contribution in [3.8, 4) is 11.4 Å². The first-order valence-electron chi connectivity index (χ1n) is 10.6. The fourth-order valence-corrected chi connectivity index (χ4v) is 4.19. The predicted octanol–water partition coefficient (Wildman–Crippen LogP) is 5.03. The standard InChI is InChI=1S/C25H16Cl2FN5O3/c26-16-10-14(11-17(27)23(16)34)24(35)30-20-6-3-5-19-22(20)25(36)32(13-29-19)12-15-8-9-33(31-15)21-7-2-1-4-18(21)28/h1-11,13,34H,12H2,(H,30,35). The first-order chi connectivity index (χ1) is 17.3. The molecule has 0 radical (unpaired) electrons. The van der Waals surface area contributed by atoms with Crippen LogP contribution in [-0.4, -0.2) is 30.3 Å². The summed E-state index contributed by atoms with van der Waals surface area (Å²) in [6.07, 6.45) is 2.99. The average molecular weight is 524 g/mol. The number of carbonyl (C=O) groups is 1. The summed E-state index contributed by atoms with van der Waals surface area (Å²) in [5, 5.41) is 16.8. The zero-order valence-corrected chi connectivity index (χ0v) is 19.8. The number of hydrogen-bond acceptors (Lipinski definition) is 5. The Balaban J connectivity index is 1.47. The maximum Gasteiger partial charge on any atom is 0.263 e. The molecule has 180 valence electrons. The van der Waals surface area contributed by atoms with E-state index in [0.29, 0.717) is 11.2 Å². The lowest BCUT2D eigenvalue weighted by Crippen LogP contribution is -2.23. The molecular formula is C25H16Cl2FN5O3. The van der Waals surface area contributed by atoms with Gasteiger partial charge in [-0.2, -0.15) is 5.10 Å². The van der Waals surface area contributed by atoms with Gasteiger partial charge in [0, 0.05) is 11.8 Å². The van der Waals surface area contributed by atoms with Gasteiger partial charge >= 0.3 is 0 Å². The molecule has 8 nitrogen and oxygen atoms in total. The topological polar surface area (TPSA) is 102 Å². The summed E-state index contributed by atoms with van der Waals surface area (Å²) in [5.74, 6) is -1.33. The third-order valence-electron chi connectivity index (χ3n) is 5.46. The van der Waals surface area contributed by atoms with E-state index in [4.69, 9.17) is 23.2 Å². The number of fused-ring (bicyclic) bond motifs is 1. The molecule has 1 amide bonds. The number of aromatic hydroxyl groups is 1. The summed E-state index contributed by atoms with van der Waals surface area (Å²) in [4.78, 5) is 30.5. The highest BCUT2D eigenvalue weighted by atomic mass is 35.5. The molecule has 0 saturated carbocycles. The monoisotopic (exact) mass is 523 g/mol. The Kier molecular flexibility index (Phi) is 6.17. The van der Waals surface area contributed by atoms with Gasteiger partial charge in [-0.25, -0.2) is 14.1 Å². The Labute approximate surface area is 213 Å². The van der Waals surface area contributed by atoms with Crippen molar-refractivity contribution in [1.29, 1.82) is 0 Å². The molecule has 2 N–H and O–H groups in total. The summed E-state index contributed by atoms with van der Waals surface area (Å²) in [5.41, 5.74) is 1.11. The molecule has 0 saturated heterocycles. The Morgan fingerprint density at radius 3 is 2.56 bits per heavy atom. The summed E-state index contributed by atoms with van der Waals surface area (Å²) < 4.78 is 16.8. The van der Waals surface area contributed by atoms with Gasteiger partial charge in [0.05, 0.1) is 45.2 Å². The van der Waals surface area contributed by atoms with E-state index in [1.807, 2.05) is 0 Å². The van der Waals surface area contributed by atoms with Crippen LogP contribution in [0.4, 0.5) is 10.1 Å². The minimum atomic E-state index is -0.579. The smallest absolute Gasteiger partial charge is 0.263 e. The Morgan fingerprint density at radius 1 is 1.06 bits per heavy atom. The van der Waals surface area contributed by atoms with Crippen molar-refractivity contribution in [2.75, 3.05) is 5.32 Å². The zero-order valence-electron chi connectivity index (χ0n) is 18.3. The van der Waals surface area contributed by atoms with E-state index in [0.717, 1.165) is 0 Å². The maximum atomic E-state index is 14.1. The van der Waals surface area contributed by atoms with Crippen LogP contribution in [-0.2, 0) is 6.54 Å². The lowest BCUT2D eigenvalue weighted by Gasteiger charge is -2.11. The van der Waals surface area contributed by atoms with Crippen LogP contribution in [0, 0.1) is 5.82 Å². The predicted molar refractivity (Wildman–Crippen MR) is 135 cm³/mol. The second-order valence-corrected chi connectivity index (χ2v) is 8.64. The summed E-state index contributed by atoms with van der Waals surface area (Å²) in [6.45, 7) is 0.0781. The van der Waals surface area contributed by atoms with Crippen molar-refractivity contribution in [3.05, 3.63) is 111 Å². The number of carbonyl (C=O) groups excluding carboxylic acids is 1. The molecule has 0 aliphatic rings. The number of rotatable bonds is 5. The SMILES string of the molecule is O=C(Nc1cccc2ncn(Cc3ccn(-c4ccccc4F)n3)c(=O)c12)c1cc(Cl)c(O)c(Cl)c1. The van der Waals surface area contributed by atoms with Crippen molar-refractivity contribution in [2.45, 2.75) is 6.54 Å². The quantitative estimate of drug-likeness (QED) is 0.336. The maximum absolute atomic E-state index is 14.1. The van der Waals surface area contributed by atoms with Crippen molar-refractivity contribution >= 4 is 45.7 Å². The normalized spacial score (nSPS) is 11.1. The number of aromatic nitrogens is 4. The van der Waals surface area contributed by atoms with Crippen LogP contribution in [0.15, 0.2) is 78.0 Å². The Hall–Kier alpha value is -4.21. The highest BCUT2D eigenvalue weighted by molar-refractivity contribution is 6.37. The fraction of sp³-hybridized carbons (Fsp3) is 0.0400. The van der Waals surface area contributed by atoms with E-state index in [2.05, 4.69) is 15.4 Å². The summed E-state index contributed by atoms with van der Waals surface area (Å²) in [7, 11) is 0. The van der Waals surface area contributed by atoms with E-state index >= 15 is 0 Å². The molecule has 0 atom stereocenters. The van der Waals surface area contributed by atoms with Crippen molar-refractivity contribution in [3.63, 3.8) is 0 Å². The number of halogens is 3. The molecule has 0 aliphatic heterocycles. The van der Waals surface area contributed by atoms with Crippen molar-refractivity contribution in [2.24, 2.45) is 0 Å². The van der Waals surface area contributed by atoms with Crippen molar-refractivity contribution in [1.82, 2.24) is 19.3 Å². The van der Waals surface area contributed by atoms with E-state index in [1.54, 1.807) is 48.7 Å². The minimum Gasteiger partial charge on any atom is -0.505 e. The van der Waals surface area contributed by atoms with Crippen LogP contribution in [0.2, 0.25) is 10.0 Å². The Morgan fingerprint density at radius 2 is 1.81 bits per heavy atom. The lowest BCUT2D eigenvalue weighted by atomic mass is 10.1. The third kappa shape index (κ3) is 4.41. The molecule has 0 fully saturated rings. The average Bonchev–Trinajstić information content (AvgIpc) is 3.32. The minimum absolute atomic E-state index is 0.0781. The molecule has 0 bridgehead atoms. The summed E-state index contributed by atoms with van der Waals surface area (Å²) in [6, 6.07) is 15.3. The molecule has 5 rings (SSSR count). The molecule has 0 spiro atoms. The molecule has 11 heteroatoms. The summed E-state index contributed by atoms with van der Waals surface area (Å²) >= 11 is 11.9. The number of anilines is 1. The number of hydrogen-bond donors (Lipinski definition) is 2. The van der Waals surface area contributed by atoms with Crippen LogP contribution in [0.1, 0.15) is 16.1 Å². The third-order valence-corrected chi connectivity index (χ3v) is 6.03. The van der Waals surface area contributed by atoms with Gasteiger partial charge < -0.3 is 10.4 Å². The van der Waals surface area contributed by atoms with Crippen LogP contribution >= 0.6 is 23.2 Å². The molecule has 0 aliphatic carbocycles. The molecule has 36 heavy (non-hydrogen) atoms. The van der Waals surface area contributed by atoms with Gasteiger partial charge in [0.2, 0.25) is 0 Å². The van der Waals surface area contributed by atoms with Gasteiger partial charge in [-0.3, -0.25) is 14.2 Å². The second-order valence-electron chi connectivity index (χ2n) is 7.82. The number of nitrogens with one attached hydrogen (secondary N) is 1. The lowest BCUT2D eigenvalue weighted by molar-refractivity contribution is 0.102. The van der Waals surface area contributed by atoms with E-state index in [9.17, 15) is 19.1 Å². The van der Waals surface area contributed by atoms with Gasteiger partial charge in [0.15, 0.2) is 5.75 Å². The van der Waals surface area contributed by atoms with Gasteiger partial charge in [-0.05, 0) is 42.5 Å². The van der Waals surface area contributed by atoms with Crippen LogP contribution < -0.4 is 10.9 Å². The molecule has 5 aromatic rings. The number of phenols is 1. The largest absolute Gasteiger partial charge is 0.505 e. The van der Waals surface area contributed by atoms with Crippen LogP contribution in [0.3, 0.4) is 0 Å². The highest BCUT2D eigenvalue weighted by Crippen LogP contribution is 2.33. The molecule has 2 heterocycles. The highest BCUT2D eigenvalue weighted by Gasteiger charge is 2.16. The first kappa shape index (κ1) is 23.5. The number of amides is 1. The van der Waals surface area contributed by atoms with Crippen LogP contribution in [0.5, 0.6) is 5.75 Å². The van der Waals surface area contributed by atoms with E-state index in [-0.39, 0.29) is 44.7 Å². The fourth-order valence-electron chi connectivity index (χ4n) is 3.70. The number of phenolic OH excluding ortho intramolecular Hbond substituents is 1. The molecule has 3 aromatic carbocycles. The van der Waals surface area contributed by atoms with Gasteiger partial charge in [-0.1, -0.05) is 41.4 Å². The zero-order chi connectivity index (χ0) is 25.4. The van der Waals surface area contributed by atoms with Gasteiger partial charge in [-0.15, -0.1) is 0 Å². The van der Waals surface area contributed by atoms with Crippen LogP contribution in [0.25, 0.3) is 16.6 Å². The molecule has 0 unspecified atom stereocenters. The van der Waals surface area contributed by atoms with Gasteiger partial charge in [0.1, 0.15) is 11.5 Å².